The van der Waals surface area contributed by atoms with Gasteiger partial charge in [0.1, 0.15) is 17.6 Å². The number of nitrogens with two attached hydrogens (primary N) is 1. The Morgan fingerprint density at radius 2 is 2.31 bits per heavy atom. The number of anilines is 1. The van der Waals surface area contributed by atoms with E-state index in [1.165, 1.54) is 0 Å². The maximum Gasteiger partial charge on any atom is 0.180 e. The predicted molar refractivity (Wildman–Crippen MR) is 63.7 cm³/mol. The smallest absolute Gasteiger partial charge is 0.180 e. The molecule has 3 heterocycles. The molecule has 3 N–H and O–H groups in total. The second-order valence-electron chi connectivity index (χ2n) is 3.32. The van der Waals surface area contributed by atoms with Gasteiger partial charge >= 0.3 is 0 Å². The molecule has 80 valence electrons. The highest BCUT2D eigenvalue weighted by Crippen LogP contribution is 2.27. The number of rotatable bonds is 1. The van der Waals surface area contributed by atoms with E-state index < -0.39 is 0 Å². The van der Waals surface area contributed by atoms with E-state index in [2.05, 4.69) is 30.9 Å². The van der Waals surface area contributed by atoms with Crippen molar-refractivity contribution in [1.29, 1.82) is 0 Å². The van der Waals surface area contributed by atoms with Crippen LogP contribution in [0.25, 0.3) is 22.6 Å². The molecule has 16 heavy (non-hydrogen) atoms. The van der Waals surface area contributed by atoms with Gasteiger partial charge in [-0.05, 0) is 22.0 Å². The van der Waals surface area contributed by atoms with Crippen molar-refractivity contribution in [2.75, 3.05) is 5.73 Å². The summed E-state index contributed by atoms with van der Waals surface area (Å²) in [5.74, 6) is 0.695. The summed E-state index contributed by atoms with van der Waals surface area (Å²) in [6, 6.07) is 1.82. The molecule has 0 radical (unpaired) electrons. The van der Waals surface area contributed by atoms with Gasteiger partial charge in [-0.1, -0.05) is 0 Å². The highest BCUT2D eigenvalue weighted by molar-refractivity contribution is 9.10. The van der Waals surface area contributed by atoms with Crippen molar-refractivity contribution >= 4 is 32.8 Å². The van der Waals surface area contributed by atoms with Gasteiger partial charge in [0.2, 0.25) is 0 Å². The van der Waals surface area contributed by atoms with Gasteiger partial charge < -0.3 is 15.1 Å². The largest absolute Gasteiger partial charge is 0.472 e. The number of furan rings is 1. The van der Waals surface area contributed by atoms with Crippen molar-refractivity contribution in [1.82, 2.24) is 15.0 Å². The van der Waals surface area contributed by atoms with Crippen LogP contribution in [0, 0.1) is 0 Å². The van der Waals surface area contributed by atoms with E-state index in [-0.39, 0.29) is 0 Å². The molecule has 3 rings (SSSR count). The molecule has 0 aliphatic heterocycles. The molecule has 0 aliphatic carbocycles. The Morgan fingerprint density at radius 3 is 3.06 bits per heavy atom. The molecule has 0 atom stereocenters. The van der Waals surface area contributed by atoms with Crippen LogP contribution in [-0.4, -0.2) is 15.0 Å². The van der Waals surface area contributed by atoms with E-state index >= 15 is 0 Å². The number of halogens is 1. The van der Waals surface area contributed by atoms with Crippen LogP contribution in [0.3, 0.4) is 0 Å². The number of hydrogen-bond donors (Lipinski definition) is 2. The van der Waals surface area contributed by atoms with E-state index in [1.807, 2.05) is 6.07 Å². The van der Waals surface area contributed by atoms with Gasteiger partial charge in [-0.2, -0.15) is 0 Å². The maximum absolute atomic E-state index is 5.90. The summed E-state index contributed by atoms with van der Waals surface area (Å²) in [6.45, 7) is 0. The fraction of sp³-hybridized carbons (Fsp3) is 0. The molecule has 0 fully saturated rings. The zero-order valence-electron chi connectivity index (χ0n) is 8.07. The van der Waals surface area contributed by atoms with Gasteiger partial charge in [0.15, 0.2) is 5.65 Å². The van der Waals surface area contributed by atoms with Gasteiger partial charge in [0.25, 0.3) is 0 Å². The molecule has 0 unspecified atom stereocenters. The van der Waals surface area contributed by atoms with Gasteiger partial charge in [0.05, 0.1) is 22.0 Å². The monoisotopic (exact) mass is 278 g/mol. The zero-order valence-corrected chi connectivity index (χ0v) is 9.65. The lowest BCUT2D eigenvalue weighted by molar-refractivity contribution is 0.568. The number of imidazole rings is 1. The number of hydrogen-bond acceptors (Lipinski definition) is 4. The molecule has 0 bridgehead atoms. The maximum atomic E-state index is 5.90. The first-order valence-corrected chi connectivity index (χ1v) is 5.37. The summed E-state index contributed by atoms with van der Waals surface area (Å²) < 4.78 is 5.75. The van der Waals surface area contributed by atoms with Crippen molar-refractivity contribution in [3.05, 3.63) is 29.3 Å². The number of nitrogen functional groups attached to an aromatic ring is 1. The normalized spacial score (nSPS) is 11.1. The van der Waals surface area contributed by atoms with E-state index in [1.54, 1.807) is 18.7 Å². The first kappa shape index (κ1) is 9.41. The van der Waals surface area contributed by atoms with Crippen molar-refractivity contribution < 1.29 is 4.42 Å². The van der Waals surface area contributed by atoms with Crippen molar-refractivity contribution in [2.45, 2.75) is 0 Å². The van der Waals surface area contributed by atoms with Gasteiger partial charge in [-0.3, -0.25) is 0 Å². The molecule has 5 nitrogen and oxygen atoms in total. The van der Waals surface area contributed by atoms with E-state index in [4.69, 9.17) is 10.2 Å². The number of pyridine rings is 1. The van der Waals surface area contributed by atoms with Crippen LogP contribution in [0.2, 0.25) is 0 Å². The lowest BCUT2D eigenvalue weighted by Gasteiger charge is -1.96. The average molecular weight is 279 g/mol. The van der Waals surface area contributed by atoms with Crippen LogP contribution in [-0.2, 0) is 0 Å². The summed E-state index contributed by atoms with van der Waals surface area (Å²) in [7, 11) is 0. The predicted octanol–water partition coefficient (Wildman–Crippen LogP) is 2.56. The van der Waals surface area contributed by atoms with Crippen LogP contribution in [0.15, 0.2) is 33.7 Å². The summed E-state index contributed by atoms with van der Waals surface area (Å²) in [6.07, 6.45) is 4.84. The first-order valence-electron chi connectivity index (χ1n) is 4.58. The third-order valence-corrected chi connectivity index (χ3v) is 2.94. The van der Waals surface area contributed by atoms with Crippen molar-refractivity contribution in [3.8, 4) is 11.4 Å². The molecule has 3 aromatic rings. The van der Waals surface area contributed by atoms with Crippen LogP contribution < -0.4 is 5.73 Å². The minimum Gasteiger partial charge on any atom is -0.472 e. The van der Waals surface area contributed by atoms with E-state index in [9.17, 15) is 0 Å². The molecule has 0 aliphatic rings. The lowest BCUT2D eigenvalue weighted by Crippen LogP contribution is -1.89. The van der Waals surface area contributed by atoms with Gasteiger partial charge in [0, 0.05) is 6.20 Å². The Hall–Kier alpha value is -1.82. The highest BCUT2D eigenvalue weighted by atomic mass is 79.9. The minimum atomic E-state index is 0.594. The first-order chi connectivity index (χ1) is 7.75. The number of aromatic amines is 1. The van der Waals surface area contributed by atoms with Crippen LogP contribution in [0.4, 0.5) is 5.69 Å². The molecule has 0 spiro atoms. The molecule has 0 amide bonds. The summed E-state index contributed by atoms with van der Waals surface area (Å²) in [5.41, 5.74) is 8.70. The Bertz CT molecular complexity index is 644. The van der Waals surface area contributed by atoms with Gasteiger partial charge in [-0.25, -0.2) is 9.97 Å². The summed E-state index contributed by atoms with van der Waals surface area (Å²) >= 11 is 3.32. The Kier molecular flexibility index (Phi) is 1.97. The Morgan fingerprint density at radius 1 is 1.44 bits per heavy atom. The van der Waals surface area contributed by atoms with Crippen molar-refractivity contribution in [2.24, 2.45) is 0 Å². The fourth-order valence-electron chi connectivity index (χ4n) is 1.49. The number of nitrogens with zero attached hydrogens (tertiary/aromatic N) is 2. The molecule has 0 aromatic carbocycles. The second kappa shape index (κ2) is 3.34. The van der Waals surface area contributed by atoms with E-state index in [0.29, 0.717) is 17.2 Å². The van der Waals surface area contributed by atoms with Crippen molar-refractivity contribution in [3.63, 3.8) is 0 Å². The summed E-state index contributed by atoms with van der Waals surface area (Å²) in [5, 5.41) is 0. The second-order valence-corrected chi connectivity index (χ2v) is 4.17. The van der Waals surface area contributed by atoms with E-state index in [0.717, 1.165) is 15.6 Å². The quantitative estimate of drug-likeness (QED) is 0.717. The highest BCUT2D eigenvalue weighted by Gasteiger charge is 2.11. The third-order valence-electron chi connectivity index (χ3n) is 2.31. The van der Waals surface area contributed by atoms with Crippen LogP contribution in [0.5, 0.6) is 0 Å². The number of nitrogens with one attached hydrogen (secondary N) is 1. The fourth-order valence-corrected chi connectivity index (χ4v) is 1.79. The molecule has 3 aromatic heterocycles. The minimum absolute atomic E-state index is 0.594. The topological polar surface area (TPSA) is 80.7 Å². The molecule has 0 saturated heterocycles. The zero-order chi connectivity index (χ0) is 11.1. The number of fused-ring (bicyclic) bond motifs is 1. The number of H-pyrrole nitrogens is 1. The average Bonchev–Trinajstić information content (AvgIpc) is 2.91. The Balaban J connectivity index is 2.28. The lowest BCUT2D eigenvalue weighted by atomic mass is 10.3. The molecule has 6 heteroatoms. The molecule has 0 saturated carbocycles. The molecular weight excluding hydrogens is 272 g/mol. The SMILES string of the molecule is Nc1c(Br)cnc2nc(-c3ccoc3)[nH]c12. The molecular formula is C10H7BrN4O. The summed E-state index contributed by atoms with van der Waals surface area (Å²) in [4.78, 5) is 11.6. The Labute approximate surface area is 98.8 Å². The third kappa shape index (κ3) is 1.30. The van der Waals surface area contributed by atoms with Gasteiger partial charge in [-0.15, -0.1) is 0 Å². The standard InChI is InChI=1S/C10H7BrN4O/c11-6-3-13-10-8(7(6)12)14-9(15-10)5-1-2-16-4-5/h1-4H,(H3,12,13,14,15). The van der Waals surface area contributed by atoms with Crippen LogP contribution >= 0.6 is 15.9 Å². The van der Waals surface area contributed by atoms with Crippen LogP contribution in [0.1, 0.15) is 0 Å². The number of aromatic nitrogens is 3.